The Morgan fingerprint density at radius 2 is 1.75 bits per heavy atom. The maximum absolute atomic E-state index is 12.9. The van der Waals surface area contributed by atoms with Crippen LogP contribution in [0.15, 0.2) is 24.3 Å². The first-order chi connectivity index (χ1) is 7.77. The molecule has 88 valence electrons. The van der Waals surface area contributed by atoms with E-state index >= 15 is 0 Å². The molecular formula is C14H20FN. The van der Waals surface area contributed by atoms with Crippen molar-refractivity contribution in [2.75, 3.05) is 13.6 Å². The maximum atomic E-state index is 12.9. The lowest BCUT2D eigenvalue weighted by Crippen LogP contribution is -2.38. The SMILES string of the molecule is CNCC1(c2ccc(F)cc2)CCCCC1. The minimum atomic E-state index is -0.140. The smallest absolute Gasteiger partial charge is 0.123 e. The largest absolute Gasteiger partial charge is 0.319 e. The van der Waals surface area contributed by atoms with Crippen LogP contribution in [0.3, 0.4) is 0 Å². The van der Waals surface area contributed by atoms with Gasteiger partial charge in [0.25, 0.3) is 0 Å². The summed E-state index contributed by atoms with van der Waals surface area (Å²) in [6.45, 7) is 0.999. The highest BCUT2D eigenvalue weighted by atomic mass is 19.1. The molecule has 1 aliphatic carbocycles. The van der Waals surface area contributed by atoms with Gasteiger partial charge in [-0.2, -0.15) is 0 Å². The summed E-state index contributed by atoms with van der Waals surface area (Å²) >= 11 is 0. The molecule has 2 heteroatoms. The molecule has 0 bridgehead atoms. The Kier molecular flexibility index (Phi) is 3.59. The Morgan fingerprint density at radius 1 is 1.12 bits per heavy atom. The van der Waals surface area contributed by atoms with Gasteiger partial charge < -0.3 is 5.32 Å². The van der Waals surface area contributed by atoms with Crippen LogP contribution in [0.1, 0.15) is 37.7 Å². The van der Waals surface area contributed by atoms with Gasteiger partial charge in [0.05, 0.1) is 0 Å². The molecule has 1 saturated carbocycles. The molecule has 1 aromatic rings. The third-order valence-electron chi connectivity index (χ3n) is 3.78. The average molecular weight is 221 g/mol. The summed E-state index contributed by atoms with van der Waals surface area (Å²) in [6.07, 6.45) is 6.36. The number of hydrogen-bond acceptors (Lipinski definition) is 1. The number of nitrogens with one attached hydrogen (secondary N) is 1. The van der Waals surface area contributed by atoms with Gasteiger partial charge in [-0.3, -0.25) is 0 Å². The molecular weight excluding hydrogens is 201 g/mol. The number of hydrogen-bond donors (Lipinski definition) is 1. The summed E-state index contributed by atoms with van der Waals surface area (Å²) in [5, 5.41) is 3.30. The molecule has 0 spiro atoms. The van der Waals surface area contributed by atoms with E-state index in [1.165, 1.54) is 37.7 Å². The second-order valence-electron chi connectivity index (χ2n) is 4.88. The maximum Gasteiger partial charge on any atom is 0.123 e. The Balaban J connectivity index is 2.26. The van der Waals surface area contributed by atoms with Crippen LogP contribution in [0.2, 0.25) is 0 Å². The molecule has 1 aromatic carbocycles. The summed E-state index contributed by atoms with van der Waals surface area (Å²) in [4.78, 5) is 0. The average Bonchev–Trinajstić information content (AvgIpc) is 2.31. The van der Waals surface area contributed by atoms with Gasteiger partial charge in [-0.1, -0.05) is 31.4 Å². The number of halogens is 1. The first-order valence-corrected chi connectivity index (χ1v) is 6.17. The lowest BCUT2D eigenvalue weighted by molar-refractivity contribution is 0.286. The van der Waals surface area contributed by atoms with E-state index in [1.54, 1.807) is 12.1 Å². The Morgan fingerprint density at radius 3 is 2.31 bits per heavy atom. The standard InChI is InChI=1S/C14H20FN/c1-16-11-14(9-3-2-4-10-14)12-5-7-13(15)8-6-12/h5-8,16H,2-4,9-11H2,1H3. The highest BCUT2D eigenvalue weighted by molar-refractivity contribution is 5.27. The predicted octanol–water partition coefficient (Wildman–Crippen LogP) is 3.25. The van der Waals surface area contributed by atoms with Gasteiger partial charge in [0.2, 0.25) is 0 Å². The van der Waals surface area contributed by atoms with Crippen molar-refractivity contribution < 1.29 is 4.39 Å². The number of rotatable bonds is 3. The molecule has 0 aromatic heterocycles. The summed E-state index contributed by atoms with van der Waals surface area (Å²) in [7, 11) is 2.00. The van der Waals surface area contributed by atoms with Crippen LogP contribution in [0.4, 0.5) is 4.39 Å². The van der Waals surface area contributed by atoms with Gasteiger partial charge in [0, 0.05) is 12.0 Å². The van der Waals surface area contributed by atoms with E-state index in [0.29, 0.717) is 0 Å². The van der Waals surface area contributed by atoms with Crippen molar-refractivity contribution in [2.45, 2.75) is 37.5 Å². The zero-order valence-electron chi connectivity index (χ0n) is 9.93. The van der Waals surface area contributed by atoms with Crippen LogP contribution in [-0.4, -0.2) is 13.6 Å². The monoisotopic (exact) mass is 221 g/mol. The fraction of sp³-hybridized carbons (Fsp3) is 0.571. The van der Waals surface area contributed by atoms with Crippen LogP contribution in [0.5, 0.6) is 0 Å². The van der Waals surface area contributed by atoms with Gasteiger partial charge in [-0.15, -0.1) is 0 Å². The Labute approximate surface area is 97.1 Å². The quantitative estimate of drug-likeness (QED) is 0.826. The summed E-state index contributed by atoms with van der Waals surface area (Å²) in [6, 6.07) is 7.08. The fourth-order valence-electron chi connectivity index (χ4n) is 2.94. The van der Waals surface area contributed by atoms with Gasteiger partial charge in [-0.25, -0.2) is 4.39 Å². The van der Waals surface area contributed by atoms with Crippen LogP contribution in [0, 0.1) is 5.82 Å². The summed E-state index contributed by atoms with van der Waals surface area (Å²) in [5.74, 6) is -0.140. The summed E-state index contributed by atoms with van der Waals surface area (Å²) < 4.78 is 12.9. The second-order valence-corrected chi connectivity index (χ2v) is 4.88. The Bertz CT molecular complexity index is 320. The van der Waals surface area contributed by atoms with Gasteiger partial charge in [-0.05, 0) is 37.6 Å². The predicted molar refractivity (Wildman–Crippen MR) is 65.1 cm³/mol. The van der Waals surface area contributed by atoms with Crippen LogP contribution in [-0.2, 0) is 5.41 Å². The Hall–Kier alpha value is -0.890. The molecule has 0 atom stereocenters. The minimum absolute atomic E-state index is 0.140. The highest BCUT2D eigenvalue weighted by Crippen LogP contribution is 2.38. The topological polar surface area (TPSA) is 12.0 Å². The van der Waals surface area contributed by atoms with E-state index in [2.05, 4.69) is 5.32 Å². The van der Waals surface area contributed by atoms with Crippen LogP contribution >= 0.6 is 0 Å². The highest BCUT2D eigenvalue weighted by Gasteiger charge is 2.32. The van der Waals surface area contributed by atoms with Gasteiger partial charge >= 0.3 is 0 Å². The second kappa shape index (κ2) is 4.96. The zero-order chi connectivity index (χ0) is 11.4. The molecule has 1 aliphatic rings. The normalized spacial score (nSPS) is 19.6. The molecule has 0 unspecified atom stereocenters. The first-order valence-electron chi connectivity index (χ1n) is 6.17. The first kappa shape index (κ1) is 11.6. The van der Waals surface area contributed by atoms with Crippen LogP contribution < -0.4 is 5.32 Å². The van der Waals surface area contributed by atoms with Gasteiger partial charge in [0.15, 0.2) is 0 Å². The number of likely N-dealkylation sites (N-methyl/N-ethyl adjacent to an activating group) is 1. The van der Waals surface area contributed by atoms with E-state index in [9.17, 15) is 4.39 Å². The van der Waals surface area contributed by atoms with Crippen LogP contribution in [0.25, 0.3) is 0 Å². The van der Waals surface area contributed by atoms with Crippen molar-refractivity contribution in [2.24, 2.45) is 0 Å². The molecule has 16 heavy (non-hydrogen) atoms. The van der Waals surface area contributed by atoms with E-state index < -0.39 is 0 Å². The third-order valence-corrected chi connectivity index (χ3v) is 3.78. The van der Waals surface area contributed by atoms with Crippen molar-refractivity contribution in [1.29, 1.82) is 0 Å². The van der Waals surface area contributed by atoms with Gasteiger partial charge in [0.1, 0.15) is 5.82 Å². The molecule has 0 heterocycles. The van der Waals surface area contributed by atoms with Crippen molar-refractivity contribution in [3.05, 3.63) is 35.6 Å². The van der Waals surface area contributed by atoms with E-state index in [-0.39, 0.29) is 11.2 Å². The van der Waals surface area contributed by atoms with Crippen molar-refractivity contribution in [3.63, 3.8) is 0 Å². The molecule has 0 radical (unpaired) electrons. The molecule has 1 nitrogen and oxygen atoms in total. The minimum Gasteiger partial charge on any atom is -0.319 e. The van der Waals surface area contributed by atoms with Crippen molar-refractivity contribution in [3.8, 4) is 0 Å². The fourth-order valence-corrected chi connectivity index (χ4v) is 2.94. The lowest BCUT2D eigenvalue weighted by Gasteiger charge is -2.38. The van der Waals surface area contributed by atoms with Crippen molar-refractivity contribution >= 4 is 0 Å². The lowest BCUT2D eigenvalue weighted by atomic mass is 9.69. The molecule has 0 amide bonds. The third kappa shape index (κ3) is 2.27. The number of benzene rings is 1. The molecule has 1 fully saturated rings. The summed E-state index contributed by atoms with van der Waals surface area (Å²) in [5.41, 5.74) is 1.53. The van der Waals surface area contributed by atoms with E-state index in [4.69, 9.17) is 0 Å². The molecule has 0 aliphatic heterocycles. The molecule has 0 saturated heterocycles. The zero-order valence-corrected chi connectivity index (χ0v) is 9.93. The van der Waals surface area contributed by atoms with E-state index in [1.807, 2.05) is 19.2 Å². The molecule has 2 rings (SSSR count). The van der Waals surface area contributed by atoms with E-state index in [0.717, 1.165) is 6.54 Å². The molecule has 1 N–H and O–H groups in total. The van der Waals surface area contributed by atoms with Crippen molar-refractivity contribution in [1.82, 2.24) is 5.32 Å².